The minimum atomic E-state index is -0.250. The summed E-state index contributed by atoms with van der Waals surface area (Å²) in [7, 11) is 0. The third-order valence-corrected chi connectivity index (χ3v) is 4.59. The van der Waals surface area contributed by atoms with E-state index < -0.39 is 0 Å². The smallest absolute Gasteiger partial charge is 0.123 e. The molecule has 0 aliphatic carbocycles. The number of hydrogen-bond acceptors (Lipinski definition) is 5. The molecule has 0 radical (unpaired) electrons. The maximum Gasteiger partial charge on any atom is 0.123 e. The van der Waals surface area contributed by atoms with Gasteiger partial charge in [0.2, 0.25) is 0 Å². The molecule has 27 heavy (non-hydrogen) atoms. The molecule has 0 atom stereocenters. The molecule has 0 N–H and O–H groups in total. The summed E-state index contributed by atoms with van der Waals surface area (Å²) in [4.78, 5) is 4.75. The maximum atomic E-state index is 12.9. The summed E-state index contributed by atoms with van der Waals surface area (Å²) < 4.78 is 24.3. The molecule has 0 saturated carbocycles. The van der Waals surface area contributed by atoms with Gasteiger partial charge in [-0.2, -0.15) is 5.26 Å². The minimum Gasteiger partial charge on any atom is -0.492 e. The number of ether oxygens (including phenoxy) is 2. The van der Waals surface area contributed by atoms with Crippen LogP contribution >= 0.6 is 0 Å². The summed E-state index contributed by atoms with van der Waals surface area (Å²) in [5.41, 5.74) is 0.615. The molecule has 0 amide bonds. The van der Waals surface area contributed by atoms with Gasteiger partial charge in [0.15, 0.2) is 0 Å². The average Bonchev–Trinajstić information content (AvgIpc) is 2.71. The molecule has 1 heterocycles. The van der Waals surface area contributed by atoms with Crippen LogP contribution in [-0.2, 0) is 0 Å². The first-order valence-electron chi connectivity index (χ1n) is 9.19. The lowest BCUT2D eigenvalue weighted by Gasteiger charge is -2.34. The fourth-order valence-electron chi connectivity index (χ4n) is 3.01. The third kappa shape index (κ3) is 6.24. The number of hydrogen-bond donors (Lipinski definition) is 0. The Morgan fingerprint density at radius 3 is 2.04 bits per heavy atom. The summed E-state index contributed by atoms with van der Waals surface area (Å²) in [5.74, 6) is 1.19. The van der Waals surface area contributed by atoms with Crippen LogP contribution in [0.25, 0.3) is 0 Å². The number of rotatable bonds is 8. The Morgan fingerprint density at radius 1 is 0.852 bits per heavy atom. The number of piperazine rings is 1. The molecular weight excluding hydrogens is 345 g/mol. The Bertz CT molecular complexity index is 753. The van der Waals surface area contributed by atoms with Crippen molar-refractivity contribution in [3.63, 3.8) is 0 Å². The van der Waals surface area contributed by atoms with Gasteiger partial charge in [0.05, 0.1) is 11.6 Å². The molecular formula is C21H24FN3O2. The van der Waals surface area contributed by atoms with Crippen LogP contribution in [0.3, 0.4) is 0 Å². The Morgan fingerprint density at radius 2 is 1.44 bits per heavy atom. The molecule has 6 heteroatoms. The summed E-state index contributed by atoms with van der Waals surface area (Å²) in [5, 5.41) is 8.91. The first-order valence-corrected chi connectivity index (χ1v) is 9.19. The lowest BCUT2D eigenvalue weighted by atomic mass is 10.2. The van der Waals surface area contributed by atoms with Gasteiger partial charge in [0.1, 0.15) is 30.5 Å². The van der Waals surface area contributed by atoms with Crippen LogP contribution in [-0.4, -0.2) is 62.3 Å². The van der Waals surface area contributed by atoms with Crippen LogP contribution < -0.4 is 9.47 Å². The van der Waals surface area contributed by atoms with Crippen LogP contribution in [0, 0.1) is 17.1 Å². The third-order valence-electron chi connectivity index (χ3n) is 4.59. The van der Waals surface area contributed by atoms with E-state index >= 15 is 0 Å². The average molecular weight is 369 g/mol. The van der Waals surface area contributed by atoms with Crippen molar-refractivity contribution in [3.8, 4) is 17.6 Å². The lowest BCUT2D eigenvalue weighted by Crippen LogP contribution is -2.48. The van der Waals surface area contributed by atoms with Crippen molar-refractivity contribution in [2.75, 3.05) is 52.5 Å². The fourth-order valence-corrected chi connectivity index (χ4v) is 3.01. The number of benzene rings is 2. The standard InChI is InChI=1S/C21H24FN3O2/c22-19-4-6-20(7-5-19)26-14-12-24-8-10-25(11-9-24)13-15-27-21-3-1-2-18(16-21)17-23/h1-7,16H,8-15H2. The topological polar surface area (TPSA) is 48.7 Å². The molecule has 2 aromatic rings. The van der Waals surface area contributed by atoms with E-state index in [9.17, 15) is 4.39 Å². The van der Waals surface area contributed by atoms with E-state index in [1.54, 1.807) is 24.3 Å². The zero-order valence-electron chi connectivity index (χ0n) is 15.3. The molecule has 0 unspecified atom stereocenters. The molecule has 0 spiro atoms. The van der Waals surface area contributed by atoms with Crippen LogP contribution in [0.1, 0.15) is 5.56 Å². The lowest BCUT2D eigenvalue weighted by molar-refractivity contribution is 0.105. The van der Waals surface area contributed by atoms with Gasteiger partial charge in [0, 0.05) is 39.3 Å². The van der Waals surface area contributed by atoms with Crippen molar-refractivity contribution in [2.45, 2.75) is 0 Å². The van der Waals surface area contributed by atoms with Crippen molar-refractivity contribution in [2.24, 2.45) is 0 Å². The number of halogens is 1. The molecule has 3 rings (SSSR count). The van der Waals surface area contributed by atoms with Gasteiger partial charge in [0.25, 0.3) is 0 Å². The zero-order valence-corrected chi connectivity index (χ0v) is 15.3. The van der Waals surface area contributed by atoms with E-state index in [1.807, 2.05) is 12.1 Å². The quantitative estimate of drug-likeness (QED) is 0.716. The van der Waals surface area contributed by atoms with Gasteiger partial charge in [-0.15, -0.1) is 0 Å². The van der Waals surface area contributed by atoms with Crippen LogP contribution in [0.5, 0.6) is 11.5 Å². The highest BCUT2D eigenvalue weighted by atomic mass is 19.1. The highest BCUT2D eigenvalue weighted by Gasteiger charge is 2.16. The second kappa shape index (κ2) is 9.91. The van der Waals surface area contributed by atoms with Gasteiger partial charge < -0.3 is 9.47 Å². The number of nitrogens with zero attached hydrogens (tertiary/aromatic N) is 3. The van der Waals surface area contributed by atoms with E-state index in [4.69, 9.17) is 14.7 Å². The Labute approximate surface area is 159 Å². The van der Waals surface area contributed by atoms with E-state index in [2.05, 4.69) is 15.9 Å². The molecule has 2 aromatic carbocycles. The van der Waals surface area contributed by atoms with Crippen molar-refractivity contribution < 1.29 is 13.9 Å². The minimum absolute atomic E-state index is 0.250. The monoisotopic (exact) mass is 369 g/mol. The normalized spacial score (nSPS) is 15.3. The first-order chi connectivity index (χ1) is 13.2. The Kier molecular flexibility index (Phi) is 7.03. The molecule has 5 nitrogen and oxygen atoms in total. The van der Waals surface area contributed by atoms with Crippen molar-refractivity contribution >= 4 is 0 Å². The predicted molar refractivity (Wildman–Crippen MR) is 101 cm³/mol. The summed E-state index contributed by atoms with van der Waals surface area (Å²) in [6, 6.07) is 15.5. The van der Waals surface area contributed by atoms with E-state index in [-0.39, 0.29) is 5.82 Å². The molecule has 142 valence electrons. The zero-order chi connectivity index (χ0) is 18.9. The van der Waals surface area contributed by atoms with Crippen molar-refractivity contribution in [1.82, 2.24) is 9.80 Å². The fraction of sp³-hybridized carbons (Fsp3) is 0.381. The Balaban J connectivity index is 1.29. The molecule has 1 aliphatic rings. The van der Waals surface area contributed by atoms with Gasteiger partial charge in [-0.25, -0.2) is 4.39 Å². The molecule has 1 fully saturated rings. The highest BCUT2D eigenvalue weighted by molar-refractivity contribution is 5.36. The highest BCUT2D eigenvalue weighted by Crippen LogP contribution is 2.13. The van der Waals surface area contributed by atoms with Crippen molar-refractivity contribution in [3.05, 3.63) is 59.9 Å². The van der Waals surface area contributed by atoms with E-state index in [0.29, 0.717) is 24.5 Å². The largest absolute Gasteiger partial charge is 0.492 e. The van der Waals surface area contributed by atoms with Gasteiger partial charge in [-0.3, -0.25) is 9.80 Å². The van der Waals surface area contributed by atoms with E-state index in [0.717, 1.165) is 45.0 Å². The maximum absolute atomic E-state index is 12.9. The van der Waals surface area contributed by atoms with Crippen LogP contribution in [0.2, 0.25) is 0 Å². The second-order valence-electron chi connectivity index (χ2n) is 6.47. The second-order valence-corrected chi connectivity index (χ2v) is 6.47. The van der Waals surface area contributed by atoms with Gasteiger partial charge in [-0.05, 0) is 42.5 Å². The van der Waals surface area contributed by atoms with Gasteiger partial charge >= 0.3 is 0 Å². The first kappa shape index (κ1) is 19.2. The summed E-state index contributed by atoms with van der Waals surface area (Å²) >= 11 is 0. The predicted octanol–water partition coefficient (Wildman–Crippen LogP) is 2.77. The van der Waals surface area contributed by atoms with Gasteiger partial charge in [-0.1, -0.05) is 6.07 Å². The van der Waals surface area contributed by atoms with Crippen molar-refractivity contribution in [1.29, 1.82) is 5.26 Å². The molecule has 0 bridgehead atoms. The molecule has 1 saturated heterocycles. The van der Waals surface area contributed by atoms with Crippen LogP contribution in [0.15, 0.2) is 48.5 Å². The van der Waals surface area contributed by atoms with Crippen LogP contribution in [0.4, 0.5) is 4.39 Å². The molecule has 0 aromatic heterocycles. The number of nitriles is 1. The SMILES string of the molecule is N#Cc1cccc(OCCN2CCN(CCOc3ccc(F)cc3)CC2)c1. The summed E-state index contributed by atoms with van der Waals surface area (Å²) in [6.45, 7) is 6.94. The summed E-state index contributed by atoms with van der Waals surface area (Å²) in [6.07, 6.45) is 0. The van der Waals surface area contributed by atoms with E-state index in [1.165, 1.54) is 12.1 Å². The Hall–Kier alpha value is -2.62. The molecule has 1 aliphatic heterocycles.